The lowest BCUT2D eigenvalue weighted by Crippen LogP contribution is -2.02. The van der Waals surface area contributed by atoms with Crippen LogP contribution < -0.4 is 4.74 Å². The van der Waals surface area contributed by atoms with Crippen molar-refractivity contribution in [1.82, 2.24) is 0 Å². The van der Waals surface area contributed by atoms with Crippen LogP contribution in [0.25, 0.3) is 0 Å². The third kappa shape index (κ3) is 2.91. The van der Waals surface area contributed by atoms with Crippen LogP contribution >= 0.6 is 0 Å². The zero-order valence-corrected chi connectivity index (χ0v) is 7.47. The highest BCUT2D eigenvalue weighted by Gasteiger charge is 2.12. The Morgan fingerprint density at radius 3 is 2.00 bits per heavy atom. The van der Waals surface area contributed by atoms with Gasteiger partial charge < -0.3 is 4.74 Å². The molecule has 0 N–H and O–H groups in total. The van der Waals surface area contributed by atoms with Gasteiger partial charge in [-0.1, -0.05) is 0 Å². The Bertz CT molecular complexity index is 399. The maximum Gasteiger partial charge on any atom is 0.387 e. The summed E-state index contributed by atoms with van der Waals surface area (Å²) in [6.07, 6.45) is 0. The molecule has 7 heteroatoms. The highest BCUT2D eigenvalue weighted by atomic mass is 32.3. The first-order valence-electron chi connectivity index (χ1n) is 3.39. The van der Waals surface area contributed by atoms with Gasteiger partial charge in [-0.2, -0.15) is 17.2 Å². The van der Waals surface area contributed by atoms with Crippen LogP contribution in [-0.4, -0.2) is 15.0 Å². The van der Waals surface area contributed by atoms with E-state index in [2.05, 4.69) is 4.74 Å². The molecule has 0 aliphatic heterocycles. The van der Waals surface area contributed by atoms with Crippen LogP contribution in [0, 0.1) is 0 Å². The molecule has 1 aromatic carbocycles. The van der Waals surface area contributed by atoms with Crippen molar-refractivity contribution in [1.29, 1.82) is 0 Å². The van der Waals surface area contributed by atoms with Crippen molar-refractivity contribution in [3.8, 4) is 5.75 Å². The highest BCUT2D eigenvalue weighted by molar-refractivity contribution is 7.86. The number of alkyl halides is 2. The third-order valence-electron chi connectivity index (χ3n) is 1.33. The molecule has 0 aromatic heterocycles. The molecule has 0 fully saturated rings. The van der Waals surface area contributed by atoms with Gasteiger partial charge in [-0.05, 0) is 24.3 Å². The summed E-state index contributed by atoms with van der Waals surface area (Å²) in [5.74, 6) is -0.229. The van der Waals surface area contributed by atoms with Crippen molar-refractivity contribution >= 4 is 10.2 Å². The summed E-state index contributed by atoms with van der Waals surface area (Å²) in [6.45, 7) is -3.00. The molecular weight excluding hydrogens is 221 g/mol. The standard InChI is InChI=1S/C7H5F3O3S/c8-7(9)13-5-1-3-6(4-2-5)14(10,11)12/h1-4,7H. The lowest BCUT2D eigenvalue weighted by molar-refractivity contribution is -0.0498. The summed E-state index contributed by atoms with van der Waals surface area (Å²) in [4.78, 5) is -0.598. The second-order valence-electron chi connectivity index (χ2n) is 2.29. The molecule has 0 amide bonds. The van der Waals surface area contributed by atoms with Crippen molar-refractivity contribution in [2.24, 2.45) is 0 Å². The van der Waals surface area contributed by atoms with Crippen LogP contribution in [0.15, 0.2) is 29.2 Å². The van der Waals surface area contributed by atoms with Crippen LogP contribution in [-0.2, 0) is 10.2 Å². The molecule has 0 spiro atoms. The molecule has 0 aliphatic rings. The Kier molecular flexibility index (Phi) is 3.00. The quantitative estimate of drug-likeness (QED) is 0.740. The fourth-order valence-corrected chi connectivity index (χ4v) is 1.24. The number of hydrogen-bond donors (Lipinski definition) is 0. The fraction of sp³-hybridized carbons (Fsp3) is 0.143. The van der Waals surface area contributed by atoms with E-state index >= 15 is 0 Å². The number of halogens is 3. The molecule has 0 saturated carbocycles. The monoisotopic (exact) mass is 226 g/mol. The van der Waals surface area contributed by atoms with E-state index in [0.717, 1.165) is 24.3 Å². The normalized spacial score (nSPS) is 11.7. The number of hydrogen-bond acceptors (Lipinski definition) is 3. The number of rotatable bonds is 3. The van der Waals surface area contributed by atoms with Crippen LogP contribution in [0.2, 0.25) is 0 Å². The Morgan fingerprint density at radius 1 is 1.14 bits per heavy atom. The van der Waals surface area contributed by atoms with Gasteiger partial charge in [0.15, 0.2) is 0 Å². The Hall–Kier alpha value is -1.24. The van der Waals surface area contributed by atoms with E-state index in [1.807, 2.05) is 0 Å². The van der Waals surface area contributed by atoms with Crippen molar-refractivity contribution < 1.29 is 25.8 Å². The highest BCUT2D eigenvalue weighted by Crippen LogP contribution is 2.18. The molecule has 0 unspecified atom stereocenters. The van der Waals surface area contributed by atoms with Gasteiger partial charge in [0, 0.05) is 0 Å². The Labute approximate surface area is 78.3 Å². The van der Waals surface area contributed by atoms with E-state index in [1.54, 1.807) is 0 Å². The van der Waals surface area contributed by atoms with E-state index in [9.17, 15) is 21.1 Å². The maximum atomic E-state index is 12.3. The Morgan fingerprint density at radius 2 is 1.64 bits per heavy atom. The van der Waals surface area contributed by atoms with Gasteiger partial charge in [-0.15, -0.1) is 3.89 Å². The van der Waals surface area contributed by atoms with Gasteiger partial charge in [0.2, 0.25) is 0 Å². The largest absolute Gasteiger partial charge is 0.435 e. The second kappa shape index (κ2) is 3.87. The van der Waals surface area contributed by atoms with Gasteiger partial charge in [-0.25, -0.2) is 0 Å². The summed E-state index contributed by atoms with van der Waals surface area (Å²) in [5.41, 5.74) is 0. The average molecular weight is 226 g/mol. The van der Waals surface area contributed by atoms with E-state index in [4.69, 9.17) is 0 Å². The van der Waals surface area contributed by atoms with Crippen molar-refractivity contribution in [3.63, 3.8) is 0 Å². The summed E-state index contributed by atoms with van der Waals surface area (Å²) in [5, 5.41) is 0. The first-order chi connectivity index (χ1) is 6.39. The summed E-state index contributed by atoms with van der Waals surface area (Å²) >= 11 is 0. The maximum absolute atomic E-state index is 12.3. The van der Waals surface area contributed by atoms with Crippen molar-refractivity contribution in [3.05, 3.63) is 24.3 Å². The smallest absolute Gasteiger partial charge is 0.387 e. The minimum absolute atomic E-state index is 0.229. The molecule has 0 aliphatic carbocycles. The molecule has 1 rings (SSSR count). The first kappa shape index (κ1) is 10.8. The van der Waals surface area contributed by atoms with Crippen LogP contribution in [0.5, 0.6) is 5.75 Å². The predicted octanol–water partition coefficient (Wildman–Crippen LogP) is 1.95. The number of benzene rings is 1. The lowest BCUT2D eigenvalue weighted by Gasteiger charge is -2.03. The zero-order chi connectivity index (χ0) is 10.8. The molecule has 3 nitrogen and oxygen atoms in total. The summed E-state index contributed by atoms with van der Waals surface area (Å²) < 4.78 is 60.1. The molecule has 14 heavy (non-hydrogen) atoms. The van der Waals surface area contributed by atoms with Crippen molar-refractivity contribution in [2.75, 3.05) is 0 Å². The van der Waals surface area contributed by atoms with Crippen LogP contribution in [0.3, 0.4) is 0 Å². The molecular formula is C7H5F3O3S. The zero-order valence-electron chi connectivity index (χ0n) is 6.65. The molecule has 0 atom stereocenters. The minimum Gasteiger partial charge on any atom is -0.435 e. The van der Waals surface area contributed by atoms with Crippen LogP contribution in [0.4, 0.5) is 12.7 Å². The van der Waals surface area contributed by atoms with Gasteiger partial charge in [0.25, 0.3) is 0 Å². The molecule has 0 radical (unpaired) electrons. The van der Waals surface area contributed by atoms with E-state index in [0.29, 0.717) is 0 Å². The van der Waals surface area contributed by atoms with Gasteiger partial charge >= 0.3 is 16.8 Å². The second-order valence-corrected chi connectivity index (χ2v) is 3.63. The molecule has 0 heterocycles. The SMILES string of the molecule is O=S(=O)(F)c1ccc(OC(F)F)cc1. The van der Waals surface area contributed by atoms with E-state index in [-0.39, 0.29) is 5.75 Å². The molecule has 0 saturated heterocycles. The average Bonchev–Trinajstić information content (AvgIpc) is 2.02. The van der Waals surface area contributed by atoms with Crippen LogP contribution in [0.1, 0.15) is 0 Å². The molecule has 78 valence electrons. The summed E-state index contributed by atoms with van der Waals surface area (Å²) in [6, 6.07) is 3.57. The van der Waals surface area contributed by atoms with Gasteiger partial charge in [-0.3, -0.25) is 0 Å². The topological polar surface area (TPSA) is 43.4 Å². The van der Waals surface area contributed by atoms with Gasteiger partial charge in [0.05, 0.1) is 4.90 Å². The fourth-order valence-electron chi connectivity index (χ4n) is 0.784. The molecule has 0 bridgehead atoms. The van der Waals surface area contributed by atoms with E-state index < -0.39 is 21.7 Å². The third-order valence-corrected chi connectivity index (χ3v) is 2.17. The predicted molar refractivity (Wildman–Crippen MR) is 41.4 cm³/mol. The summed E-state index contributed by atoms with van der Waals surface area (Å²) in [7, 11) is -4.79. The lowest BCUT2D eigenvalue weighted by atomic mass is 10.3. The molecule has 1 aromatic rings. The number of ether oxygens (including phenoxy) is 1. The Balaban J connectivity index is 2.90. The van der Waals surface area contributed by atoms with Gasteiger partial charge in [0.1, 0.15) is 5.75 Å². The first-order valence-corrected chi connectivity index (χ1v) is 4.77. The minimum atomic E-state index is -4.79. The van der Waals surface area contributed by atoms with Crippen molar-refractivity contribution in [2.45, 2.75) is 11.5 Å². The van der Waals surface area contributed by atoms with E-state index in [1.165, 1.54) is 0 Å².